The average molecular weight is 615 g/mol. The summed E-state index contributed by atoms with van der Waals surface area (Å²) in [5.74, 6) is 2.48. The van der Waals surface area contributed by atoms with E-state index < -0.39 is 6.04 Å². The van der Waals surface area contributed by atoms with E-state index in [-0.39, 0.29) is 29.9 Å². The van der Waals surface area contributed by atoms with Gasteiger partial charge in [-0.3, -0.25) is 14.5 Å². The number of nitrogens with one attached hydrogen (secondary N) is 1. The molecular weight excluding hydrogens is 576 g/mol. The minimum absolute atomic E-state index is 0.0173. The van der Waals surface area contributed by atoms with Crippen LogP contribution in [0.2, 0.25) is 0 Å². The number of Topliss-reactive ketones (excluding diaryl/α,β-unsaturated/α-hetero) is 1. The Bertz CT molecular complexity index is 1630. The number of nitrogens with zero attached hydrogens (tertiary/aromatic N) is 1. The van der Waals surface area contributed by atoms with Crippen LogP contribution in [0.15, 0.2) is 59.8 Å². The van der Waals surface area contributed by atoms with E-state index in [4.69, 9.17) is 28.4 Å². The van der Waals surface area contributed by atoms with Crippen LogP contribution in [0.25, 0.3) is 0 Å². The Morgan fingerprint density at radius 2 is 1.27 bits per heavy atom. The van der Waals surface area contributed by atoms with Gasteiger partial charge in [-0.05, 0) is 72.7 Å². The van der Waals surface area contributed by atoms with Crippen molar-refractivity contribution >= 4 is 23.1 Å². The van der Waals surface area contributed by atoms with Gasteiger partial charge < -0.3 is 33.7 Å². The zero-order chi connectivity index (χ0) is 31.8. The van der Waals surface area contributed by atoms with Crippen LogP contribution >= 0.6 is 0 Å². The molecule has 0 aromatic heterocycles. The van der Waals surface area contributed by atoms with Gasteiger partial charge >= 0.3 is 0 Å². The Morgan fingerprint density at radius 1 is 0.733 bits per heavy atom. The van der Waals surface area contributed by atoms with E-state index in [2.05, 4.69) is 5.32 Å². The molecule has 10 nitrogen and oxygen atoms in total. The smallest absolute Gasteiger partial charge is 0.231 e. The number of hydrogen-bond acceptors (Lipinski definition) is 9. The number of ketones is 1. The number of carbonyl (C=O) groups excluding carboxylic acids is 2. The minimum Gasteiger partial charge on any atom is -0.493 e. The molecule has 0 unspecified atom stereocenters. The number of allylic oxidation sites excluding steroid dienone is 1. The van der Waals surface area contributed by atoms with Gasteiger partial charge in [0.25, 0.3) is 0 Å². The summed E-state index contributed by atoms with van der Waals surface area (Å²) in [4.78, 5) is 30.5. The van der Waals surface area contributed by atoms with Crippen LogP contribution in [-0.2, 0) is 9.59 Å². The molecule has 1 N–H and O–H groups in total. The maximum absolute atomic E-state index is 14.5. The summed E-state index contributed by atoms with van der Waals surface area (Å²) in [5, 5.41) is 3.59. The summed E-state index contributed by atoms with van der Waals surface area (Å²) in [6.45, 7) is 0. The number of para-hydroxylation sites is 2. The Hall–Kier alpha value is -4.86. The molecule has 2 aliphatic carbocycles. The summed E-state index contributed by atoms with van der Waals surface area (Å²) in [5.41, 5.74) is 4.33. The highest BCUT2D eigenvalue weighted by Gasteiger charge is 2.45. The van der Waals surface area contributed by atoms with Crippen molar-refractivity contribution in [3.05, 3.63) is 70.9 Å². The molecule has 1 fully saturated rings. The van der Waals surface area contributed by atoms with Crippen LogP contribution in [0, 0.1) is 5.92 Å². The van der Waals surface area contributed by atoms with Crippen molar-refractivity contribution in [3.8, 4) is 34.5 Å². The SMILES string of the molecule is COc1cc([C@@H]2CC(=O)C3=C(C2)Nc2ccccc2N(C(=O)C2CC2)[C@H]3c2cc(OC)c(OC)c(OC)c2)cc(OC)c1OC. The fraction of sp³-hybridized carbons (Fsp3) is 0.371. The highest BCUT2D eigenvalue weighted by Crippen LogP contribution is 2.52. The first-order chi connectivity index (χ1) is 21.9. The molecule has 1 amide bonds. The number of ether oxygens (including phenoxy) is 6. The third kappa shape index (κ3) is 5.28. The second-order valence-corrected chi connectivity index (χ2v) is 11.4. The molecule has 3 aromatic carbocycles. The topological polar surface area (TPSA) is 105 Å². The van der Waals surface area contributed by atoms with Gasteiger partial charge in [0.15, 0.2) is 28.8 Å². The van der Waals surface area contributed by atoms with Crippen molar-refractivity contribution in [3.63, 3.8) is 0 Å². The van der Waals surface area contributed by atoms with Gasteiger partial charge in [-0.15, -0.1) is 0 Å². The standard InChI is InChI=1S/C35H38N2O8/c1-40-27-15-21(16-28(41-2)33(27)44-5)20-13-24-31(26(38)14-20)32(22-17-29(42-3)34(45-6)30(18-22)43-4)37(35(39)19-11-12-19)25-10-8-7-9-23(25)36-24/h7-10,15-20,32,36H,11-14H2,1-6H3/t20-,32-/m0/s1. The normalized spacial score (nSPS) is 19.1. The number of methoxy groups -OCH3 is 6. The quantitative estimate of drug-likeness (QED) is 0.309. The predicted molar refractivity (Wildman–Crippen MR) is 169 cm³/mol. The van der Waals surface area contributed by atoms with Crippen molar-refractivity contribution in [2.24, 2.45) is 5.92 Å². The molecule has 0 radical (unpaired) electrons. The Kier molecular flexibility index (Phi) is 8.22. The summed E-state index contributed by atoms with van der Waals surface area (Å²) in [6.07, 6.45) is 2.37. The third-order valence-electron chi connectivity index (χ3n) is 8.81. The molecule has 1 heterocycles. The molecule has 0 bridgehead atoms. The molecular formula is C35H38N2O8. The molecule has 0 spiro atoms. The van der Waals surface area contributed by atoms with Crippen molar-refractivity contribution in [1.29, 1.82) is 0 Å². The van der Waals surface area contributed by atoms with Crippen molar-refractivity contribution in [2.45, 2.75) is 37.6 Å². The van der Waals surface area contributed by atoms with Crippen LogP contribution in [0.3, 0.4) is 0 Å². The zero-order valence-electron chi connectivity index (χ0n) is 26.4. The molecule has 45 heavy (non-hydrogen) atoms. The molecule has 236 valence electrons. The van der Waals surface area contributed by atoms with Gasteiger partial charge in [0.2, 0.25) is 17.4 Å². The first-order valence-corrected chi connectivity index (χ1v) is 14.9. The number of hydrogen-bond donors (Lipinski definition) is 1. The van der Waals surface area contributed by atoms with Gasteiger partial charge in [0.1, 0.15) is 0 Å². The van der Waals surface area contributed by atoms with Gasteiger partial charge in [-0.2, -0.15) is 0 Å². The van der Waals surface area contributed by atoms with Gasteiger partial charge in [0.05, 0.1) is 60.1 Å². The maximum atomic E-state index is 14.5. The van der Waals surface area contributed by atoms with Crippen LogP contribution in [0.4, 0.5) is 11.4 Å². The lowest BCUT2D eigenvalue weighted by Gasteiger charge is -2.35. The summed E-state index contributed by atoms with van der Waals surface area (Å²) in [6, 6.07) is 14.4. The predicted octanol–water partition coefficient (Wildman–Crippen LogP) is 6.05. The molecule has 3 aromatic rings. The first-order valence-electron chi connectivity index (χ1n) is 14.9. The lowest BCUT2D eigenvalue weighted by molar-refractivity contribution is -0.120. The van der Waals surface area contributed by atoms with E-state index in [0.717, 1.165) is 29.8 Å². The molecule has 1 aliphatic heterocycles. The van der Waals surface area contributed by atoms with E-state index in [9.17, 15) is 9.59 Å². The van der Waals surface area contributed by atoms with Crippen LogP contribution < -0.4 is 38.6 Å². The fourth-order valence-electron chi connectivity index (χ4n) is 6.51. The molecule has 3 aliphatic rings. The van der Waals surface area contributed by atoms with E-state index in [1.165, 1.54) is 0 Å². The molecule has 6 rings (SSSR count). The summed E-state index contributed by atoms with van der Waals surface area (Å²) in [7, 11) is 9.36. The van der Waals surface area contributed by atoms with E-state index >= 15 is 0 Å². The van der Waals surface area contributed by atoms with Crippen LogP contribution in [0.1, 0.15) is 48.8 Å². The van der Waals surface area contributed by atoms with E-state index in [1.807, 2.05) is 48.5 Å². The van der Waals surface area contributed by atoms with Gasteiger partial charge in [-0.25, -0.2) is 0 Å². The van der Waals surface area contributed by atoms with E-state index in [0.29, 0.717) is 57.7 Å². The number of rotatable bonds is 9. The van der Waals surface area contributed by atoms with Crippen molar-refractivity contribution in [2.75, 3.05) is 52.9 Å². The average Bonchev–Trinajstić information content (AvgIpc) is 3.93. The van der Waals surface area contributed by atoms with Crippen molar-refractivity contribution in [1.82, 2.24) is 0 Å². The van der Waals surface area contributed by atoms with Crippen LogP contribution in [-0.4, -0.2) is 54.3 Å². The van der Waals surface area contributed by atoms with Gasteiger partial charge in [0, 0.05) is 23.6 Å². The second-order valence-electron chi connectivity index (χ2n) is 11.4. The number of amides is 1. The Morgan fingerprint density at radius 3 is 1.78 bits per heavy atom. The number of fused-ring (bicyclic) bond motifs is 1. The Balaban J connectivity index is 1.56. The highest BCUT2D eigenvalue weighted by atomic mass is 16.5. The monoisotopic (exact) mass is 614 g/mol. The molecule has 2 atom stereocenters. The zero-order valence-corrected chi connectivity index (χ0v) is 26.4. The number of carbonyl (C=O) groups is 2. The largest absolute Gasteiger partial charge is 0.493 e. The molecule has 10 heteroatoms. The Labute approximate surface area is 262 Å². The lowest BCUT2D eigenvalue weighted by Crippen LogP contribution is -2.39. The number of benzene rings is 3. The third-order valence-corrected chi connectivity index (χ3v) is 8.81. The second kappa shape index (κ2) is 12.3. The number of anilines is 2. The summed E-state index contributed by atoms with van der Waals surface area (Å²) < 4.78 is 33.8. The maximum Gasteiger partial charge on any atom is 0.231 e. The summed E-state index contributed by atoms with van der Waals surface area (Å²) >= 11 is 0. The van der Waals surface area contributed by atoms with Gasteiger partial charge in [-0.1, -0.05) is 12.1 Å². The van der Waals surface area contributed by atoms with E-state index in [1.54, 1.807) is 47.6 Å². The first kappa shape index (κ1) is 30.2. The highest BCUT2D eigenvalue weighted by molar-refractivity contribution is 6.07. The fourth-order valence-corrected chi connectivity index (χ4v) is 6.51. The molecule has 0 saturated heterocycles. The van der Waals surface area contributed by atoms with Crippen molar-refractivity contribution < 1.29 is 38.0 Å². The van der Waals surface area contributed by atoms with Crippen LogP contribution in [0.5, 0.6) is 34.5 Å². The lowest BCUT2D eigenvalue weighted by atomic mass is 9.78. The minimum atomic E-state index is -0.730. The molecule has 1 saturated carbocycles.